The summed E-state index contributed by atoms with van der Waals surface area (Å²) in [6.45, 7) is 5.20. The summed E-state index contributed by atoms with van der Waals surface area (Å²) in [5.74, 6) is 5.35. The summed E-state index contributed by atoms with van der Waals surface area (Å²) in [5, 5.41) is 0. The number of ether oxygens (including phenoxy) is 2. The Hall–Kier alpha value is -2.55. The number of esters is 1. The van der Waals surface area contributed by atoms with E-state index in [0.717, 1.165) is 41.8 Å². The summed E-state index contributed by atoms with van der Waals surface area (Å²) in [6, 6.07) is 18.8. The molecule has 2 aromatic carbocycles. The van der Waals surface area contributed by atoms with Gasteiger partial charge in [0.15, 0.2) is 0 Å². The van der Waals surface area contributed by atoms with Gasteiger partial charge in [0.2, 0.25) is 0 Å². The predicted molar refractivity (Wildman–Crippen MR) is 129 cm³/mol. The molecule has 172 valence electrons. The Bertz CT molecular complexity index is 1040. The van der Waals surface area contributed by atoms with Gasteiger partial charge in [-0.3, -0.25) is 4.79 Å². The minimum Gasteiger partial charge on any atom is -0.490 e. The van der Waals surface area contributed by atoms with Crippen LogP contribution in [-0.2, 0) is 14.9 Å². The fraction of sp³-hybridized carbons (Fsp3) is 0.500. The quantitative estimate of drug-likeness (QED) is 0.227. The van der Waals surface area contributed by atoms with Gasteiger partial charge in [-0.1, -0.05) is 68.5 Å². The van der Waals surface area contributed by atoms with Gasteiger partial charge in [0.25, 0.3) is 0 Å². The first-order valence-corrected chi connectivity index (χ1v) is 12.7. The fourth-order valence-electron chi connectivity index (χ4n) is 7.69. The van der Waals surface area contributed by atoms with Crippen molar-refractivity contribution in [2.24, 2.45) is 41.4 Å². The van der Waals surface area contributed by atoms with Gasteiger partial charge in [-0.15, -0.1) is 0 Å². The molecular formula is C30H34O3. The van der Waals surface area contributed by atoms with Crippen LogP contribution in [0.3, 0.4) is 0 Å². The van der Waals surface area contributed by atoms with E-state index in [9.17, 15) is 4.79 Å². The summed E-state index contributed by atoms with van der Waals surface area (Å²) in [6.07, 6.45) is 8.49. The largest absolute Gasteiger partial charge is 0.490 e. The van der Waals surface area contributed by atoms with Crippen molar-refractivity contribution in [2.45, 2.75) is 38.5 Å². The van der Waals surface area contributed by atoms with Gasteiger partial charge in [-0.05, 0) is 78.0 Å². The third-order valence-electron chi connectivity index (χ3n) is 9.24. The zero-order valence-corrected chi connectivity index (χ0v) is 19.7. The van der Waals surface area contributed by atoms with E-state index in [0.29, 0.717) is 19.1 Å². The zero-order valence-electron chi connectivity index (χ0n) is 19.7. The lowest BCUT2D eigenvalue weighted by Gasteiger charge is -2.35. The van der Waals surface area contributed by atoms with Crippen molar-refractivity contribution in [3.05, 3.63) is 77.9 Å². The first-order valence-electron chi connectivity index (χ1n) is 12.7. The molecule has 3 nitrogen and oxygen atoms in total. The predicted octanol–water partition coefficient (Wildman–Crippen LogP) is 6.03. The molecule has 0 saturated heterocycles. The van der Waals surface area contributed by atoms with E-state index in [-0.39, 0.29) is 17.3 Å². The highest BCUT2D eigenvalue weighted by atomic mass is 16.6. The van der Waals surface area contributed by atoms with Gasteiger partial charge >= 0.3 is 5.97 Å². The summed E-state index contributed by atoms with van der Waals surface area (Å²) >= 11 is 0. The van der Waals surface area contributed by atoms with Crippen molar-refractivity contribution in [1.82, 2.24) is 0 Å². The Morgan fingerprint density at radius 1 is 0.848 bits per heavy atom. The van der Waals surface area contributed by atoms with Crippen LogP contribution in [0.15, 0.2) is 66.7 Å². The van der Waals surface area contributed by atoms with E-state index >= 15 is 0 Å². The average Bonchev–Trinajstić information content (AvgIpc) is 3.63. The van der Waals surface area contributed by atoms with Crippen LogP contribution in [0.4, 0.5) is 0 Å². The maximum Gasteiger partial charge on any atom is 0.309 e. The number of allylic oxidation sites excluding steroid dienone is 2. The molecule has 0 spiro atoms. The first-order chi connectivity index (χ1) is 16.0. The van der Waals surface area contributed by atoms with Gasteiger partial charge in [0.05, 0.1) is 5.92 Å². The molecule has 3 fully saturated rings. The highest BCUT2D eigenvalue weighted by Crippen LogP contribution is 2.67. The van der Waals surface area contributed by atoms with E-state index in [1.807, 2.05) is 18.2 Å². The van der Waals surface area contributed by atoms with Crippen LogP contribution >= 0.6 is 0 Å². The molecule has 0 heterocycles. The van der Waals surface area contributed by atoms with Gasteiger partial charge < -0.3 is 9.47 Å². The van der Waals surface area contributed by atoms with Crippen molar-refractivity contribution in [1.29, 1.82) is 0 Å². The van der Waals surface area contributed by atoms with Crippen molar-refractivity contribution < 1.29 is 14.3 Å². The highest BCUT2D eigenvalue weighted by Gasteiger charge is 2.62. The molecule has 0 radical (unpaired) electrons. The normalized spacial score (nSPS) is 33.3. The molecule has 0 N–H and O–H groups in total. The summed E-state index contributed by atoms with van der Waals surface area (Å²) < 4.78 is 11.6. The van der Waals surface area contributed by atoms with Crippen molar-refractivity contribution in [3.63, 3.8) is 0 Å². The first kappa shape index (κ1) is 21.0. The minimum atomic E-state index is -0.0659. The van der Waals surface area contributed by atoms with Crippen molar-refractivity contribution in [3.8, 4) is 5.75 Å². The second-order valence-corrected chi connectivity index (χ2v) is 11.1. The Morgan fingerprint density at radius 3 is 2.30 bits per heavy atom. The molecule has 6 rings (SSSR count). The Balaban J connectivity index is 0.993. The molecule has 7 atom stereocenters. The number of benzene rings is 2. The van der Waals surface area contributed by atoms with E-state index < -0.39 is 0 Å². The van der Waals surface area contributed by atoms with E-state index in [1.54, 1.807) is 0 Å². The number of carbonyl (C=O) groups is 1. The number of fused-ring (bicyclic) bond motifs is 9. The molecule has 0 aromatic heterocycles. The standard InChI is InChI=1S/C30H34O3/c1-30(2,22-6-4-3-5-7-22)23-10-12-24(13-11-23)32-14-15-33-29(31)26-18-21-17-25(26)28-20-9-8-19(16-20)27(21)28/h3-13,19-21,25-28H,14-18H2,1-2H3. The van der Waals surface area contributed by atoms with E-state index in [4.69, 9.17) is 9.47 Å². The van der Waals surface area contributed by atoms with Crippen LogP contribution < -0.4 is 4.74 Å². The smallest absolute Gasteiger partial charge is 0.309 e. The molecular weight excluding hydrogens is 408 g/mol. The van der Waals surface area contributed by atoms with Gasteiger partial charge in [0, 0.05) is 5.41 Å². The molecule has 4 bridgehead atoms. The number of carbonyl (C=O) groups excluding carboxylic acids is 1. The van der Waals surface area contributed by atoms with Crippen LogP contribution in [-0.4, -0.2) is 19.2 Å². The molecule has 0 aliphatic heterocycles. The molecule has 33 heavy (non-hydrogen) atoms. The summed E-state index contributed by atoms with van der Waals surface area (Å²) in [5.41, 5.74) is 2.47. The third kappa shape index (κ3) is 3.52. The highest BCUT2D eigenvalue weighted by molar-refractivity contribution is 5.73. The monoisotopic (exact) mass is 442 g/mol. The fourth-order valence-corrected chi connectivity index (χ4v) is 7.69. The summed E-state index contributed by atoms with van der Waals surface area (Å²) in [4.78, 5) is 12.8. The molecule has 3 saturated carbocycles. The Morgan fingerprint density at radius 2 is 1.55 bits per heavy atom. The van der Waals surface area contributed by atoms with Crippen molar-refractivity contribution in [2.75, 3.05) is 13.2 Å². The second kappa shape index (κ2) is 8.04. The molecule has 3 heteroatoms. The van der Waals surface area contributed by atoms with Crippen molar-refractivity contribution >= 4 is 5.97 Å². The molecule has 2 aromatic rings. The number of hydrogen-bond donors (Lipinski definition) is 0. The maximum absolute atomic E-state index is 12.8. The SMILES string of the molecule is CC(C)(c1ccccc1)c1ccc(OCCOC(=O)C2CC3CC2C2C4C=CC(C4)C32)cc1. The molecule has 7 unspecified atom stereocenters. The second-order valence-electron chi connectivity index (χ2n) is 11.1. The van der Waals surface area contributed by atoms with Gasteiger partial charge in [-0.2, -0.15) is 0 Å². The lowest BCUT2D eigenvalue weighted by Crippen LogP contribution is -2.35. The Labute approximate surface area is 197 Å². The van der Waals surface area contributed by atoms with Crippen LogP contribution in [0.5, 0.6) is 5.75 Å². The summed E-state index contributed by atoms with van der Waals surface area (Å²) in [7, 11) is 0. The minimum absolute atomic E-state index is 0.0104. The van der Waals surface area contributed by atoms with Crippen LogP contribution in [0.25, 0.3) is 0 Å². The van der Waals surface area contributed by atoms with Crippen LogP contribution in [0, 0.1) is 41.4 Å². The Kier molecular flexibility index (Phi) is 5.12. The maximum atomic E-state index is 12.8. The van der Waals surface area contributed by atoms with Gasteiger partial charge in [0.1, 0.15) is 19.0 Å². The lowest BCUT2D eigenvalue weighted by atomic mass is 9.69. The molecule has 0 amide bonds. The van der Waals surface area contributed by atoms with Crippen LogP contribution in [0.2, 0.25) is 0 Å². The topological polar surface area (TPSA) is 35.5 Å². The molecule has 4 aliphatic rings. The lowest BCUT2D eigenvalue weighted by molar-refractivity contribution is -0.152. The molecule has 4 aliphatic carbocycles. The number of rotatable bonds is 7. The van der Waals surface area contributed by atoms with Crippen LogP contribution in [0.1, 0.15) is 44.2 Å². The van der Waals surface area contributed by atoms with Gasteiger partial charge in [-0.25, -0.2) is 0 Å². The average molecular weight is 443 g/mol. The number of hydrogen-bond acceptors (Lipinski definition) is 3. The zero-order chi connectivity index (χ0) is 22.6. The third-order valence-corrected chi connectivity index (χ3v) is 9.24. The van der Waals surface area contributed by atoms with E-state index in [1.165, 1.54) is 24.0 Å². The van der Waals surface area contributed by atoms with E-state index in [2.05, 4.69) is 62.4 Å².